The molecule has 0 spiro atoms. The van der Waals surface area contributed by atoms with E-state index >= 15 is 0 Å². The molecule has 2 aromatic carbocycles. The van der Waals surface area contributed by atoms with Crippen LogP contribution in [0.25, 0.3) is 0 Å². The number of nitrogens with one attached hydrogen (secondary N) is 2. The maximum absolute atomic E-state index is 5.51. The number of thioether (sulfide) groups is 1. The summed E-state index contributed by atoms with van der Waals surface area (Å²) >= 11 is 7.37. The van der Waals surface area contributed by atoms with E-state index in [1.54, 1.807) is 0 Å². The van der Waals surface area contributed by atoms with Crippen LogP contribution in [0.4, 0.5) is 5.69 Å². The van der Waals surface area contributed by atoms with Crippen LogP contribution < -0.4 is 10.6 Å². The first kappa shape index (κ1) is 18.3. The minimum absolute atomic E-state index is 0.147. The van der Waals surface area contributed by atoms with Crippen molar-refractivity contribution < 1.29 is 0 Å². The highest BCUT2D eigenvalue weighted by atomic mass is 32.2. The van der Waals surface area contributed by atoms with Gasteiger partial charge in [-0.1, -0.05) is 49.6 Å². The van der Waals surface area contributed by atoms with Gasteiger partial charge in [-0.3, -0.25) is 0 Å². The molecule has 25 heavy (non-hydrogen) atoms. The average molecular weight is 371 g/mol. The molecule has 0 aliphatic heterocycles. The Balaban J connectivity index is 1.49. The number of hydrogen-bond acceptors (Lipinski definition) is 2. The quantitative estimate of drug-likeness (QED) is 0.499. The Labute approximate surface area is 160 Å². The van der Waals surface area contributed by atoms with Gasteiger partial charge in [-0.2, -0.15) is 0 Å². The fourth-order valence-corrected chi connectivity index (χ4v) is 4.50. The van der Waals surface area contributed by atoms with E-state index in [9.17, 15) is 0 Å². The Kier molecular flexibility index (Phi) is 6.38. The molecule has 0 saturated heterocycles. The first-order valence-electron chi connectivity index (χ1n) is 8.99. The first-order chi connectivity index (χ1) is 12.1. The van der Waals surface area contributed by atoms with Crippen molar-refractivity contribution in [2.24, 2.45) is 0 Å². The molecule has 0 unspecified atom stereocenters. The smallest absolute Gasteiger partial charge is 0.171 e. The topological polar surface area (TPSA) is 24.1 Å². The van der Waals surface area contributed by atoms with E-state index in [0.717, 1.165) is 16.6 Å². The summed E-state index contributed by atoms with van der Waals surface area (Å²) < 4.78 is 0. The van der Waals surface area contributed by atoms with E-state index in [2.05, 4.69) is 72.2 Å². The van der Waals surface area contributed by atoms with Crippen molar-refractivity contribution >= 4 is 34.8 Å². The third-order valence-electron chi connectivity index (χ3n) is 4.73. The van der Waals surface area contributed by atoms with Crippen LogP contribution in [0.3, 0.4) is 0 Å². The second-order valence-corrected chi connectivity index (χ2v) is 8.46. The number of hydrogen-bond donors (Lipinski definition) is 2. The zero-order valence-electron chi connectivity index (χ0n) is 14.8. The number of thiocarbonyl (C=S) groups is 1. The van der Waals surface area contributed by atoms with E-state index in [4.69, 9.17) is 12.2 Å². The van der Waals surface area contributed by atoms with Gasteiger partial charge in [-0.05, 0) is 61.8 Å². The molecular weight excluding hydrogens is 344 g/mol. The highest BCUT2D eigenvalue weighted by molar-refractivity contribution is 7.98. The fourth-order valence-electron chi connectivity index (χ4n) is 3.26. The monoisotopic (exact) mass is 370 g/mol. The van der Waals surface area contributed by atoms with E-state index in [-0.39, 0.29) is 5.54 Å². The lowest BCUT2D eigenvalue weighted by Gasteiger charge is -2.35. The van der Waals surface area contributed by atoms with Gasteiger partial charge in [0.2, 0.25) is 0 Å². The van der Waals surface area contributed by atoms with Crippen LogP contribution in [0.5, 0.6) is 0 Å². The SMILES string of the molecule is CC1(NC(=S)Nc2ccc(CSc3ccccc3)cc2)CCCCC1. The second kappa shape index (κ2) is 8.72. The summed E-state index contributed by atoms with van der Waals surface area (Å²) in [6.07, 6.45) is 6.33. The van der Waals surface area contributed by atoms with Crippen LogP contribution >= 0.6 is 24.0 Å². The van der Waals surface area contributed by atoms with E-state index in [0.29, 0.717) is 0 Å². The molecule has 3 rings (SSSR count). The third-order valence-corrected chi connectivity index (χ3v) is 6.02. The van der Waals surface area contributed by atoms with Gasteiger partial charge in [0.1, 0.15) is 0 Å². The van der Waals surface area contributed by atoms with Crippen LogP contribution in [-0.2, 0) is 5.75 Å². The molecule has 2 nitrogen and oxygen atoms in total. The van der Waals surface area contributed by atoms with Gasteiger partial charge in [0.05, 0.1) is 0 Å². The van der Waals surface area contributed by atoms with Crippen LogP contribution in [0.1, 0.15) is 44.6 Å². The summed E-state index contributed by atoms with van der Waals surface area (Å²) in [5.74, 6) is 0.977. The third kappa shape index (κ3) is 5.75. The molecule has 0 aromatic heterocycles. The lowest BCUT2D eigenvalue weighted by atomic mass is 9.83. The highest BCUT2D eigenvalue weighted by Crippen LogP contribution is 2.28. The van der Waals surface area contributed by atoms with Gasteiger partial charge in [-0.15, -0.1) is 11.8 Å². The molecule has 0 heterocycles. The predicted molar refractivity (Wildman–Crippen MR) is 113 cm³/mol. The van der Waals surface area contributed by atoms with Crippen molar-refractivity contribution in [2.45, 2.75) is 55.2 Å². The maximum atomic E-state index is 5.51. The molecule has 0 bridgehead atoms. The Morgan fingerprint density at radius 2 is 1.68 bits per heavy atom. The summed E-state index contributed by atoms with van der Waals surface area (Å²) in [5, 5.41) is 7.58. The van der Waals surface area contributed by atoms with Gasteiger partial charge < -0.3 is 10.6 Å². The summed E-state index contributed by atoms with van der Waals surface area (Å²) in [4.78, 5) is 1.30. The largest absolute Gasteiger partial charge is 0.357 e. The van der Waals surface area contributed by atoms with Gasteiger partial charge in [-0.25, -0.2) is 0 Å². The van der Waals surface area contributed by atoms with Crippen molar-refractivity contribution in [3.05, 3.63) is 60.2 Å². The number of anilines is 1. The number of benzene rings is 2. The molecule has 1 saturated carbocycles. The van der Waals surface area contributed by atoms with Gasteiger partial charge in [0.25, 0.3) is 0 Å². The predicted octanol–water partition coefficient (Wildman–Crippen LogP) is 5.99. The van der Waals surface area contributed by atoms with Crippen LogP contribution in [-0.4, -0.2) is 10.7 Å². The van der Waals surface area contributed by atoms with Crippen LogP contribution in [0, 0.1) is 0 Å². The molecule has 0 radical (unpaired) electrons. The molecule has 1 aliphatic carbocycles. The summed E-state index contributed by atoms with van der Waals surface area (Å²) in [7, 11) is 0. The lowest BCUT2D eigenvalue weighted by Crippen LogP contribution is -2.48. The fraction of sp³-hybridized carbons (Fsp3) is 0.381. The molecule has 0 amide bonds. The van der Waals surface area contributed by atoms with Gasteiger partial charge in [0, 0.05) is 21.9 Å². The summed E-state index contributed by atoms with van der Waals surface area (Å²) in [6.45, 7) is 2.28. The minimum Gasteiger partial charge on any atom is -0.357 e. The molecule has 2 aromatic rings. The average Bonchev–Trinajstić information content (AvgIpc) is 2.62. The Hall–Kier alpha value is -1.52. The van der Waals surface area contributed by atoms with Crippen LogP contribution in [0.15, 0.2) is 59.5 Å². The zero-order chi connectivity index (χ0) is 17.5. The van der Waals surface area contributed by atoms with E-state index in [1.165, 1.54) is 42.6 Å². The Morgan fingerprint density at radius 3 is 2.36 bits per heavy atom. The molecule has 0 atom stereocenters. The minimum atomic E-state index is 0.147. The molecule has 132 valence electrons. The Morgan fingerprint density at radius 1 is 1.00 bits per heavy atom. The number of rotatable bonds is 5. The van der Waals surface area contributed by atoms with Crippen molar-refractivity contribution in [2.75, 3.05) is 5.32 Å². The highest BCUT2D eigenvalue weighted by Gasteiger charge is 2.27. The normalized spacial score (nSPS) is 16.2. The molecule has 2 N–H and O–H groups in total. The molecular formula is C21H26N2S2. The zero-order valence-corrected chi connectivity index (χ0v) is 16.4. The summed E-state index contributed by atoms with van der Waals surface area (Å²) in [5.41, 5.74) is 2.51. The van der Waals surface area contributed by atoms with E-state index in [1.807, 2.05) is 11.8 Å². The van der Waals surface area contributed by atoms with Crippen LogP contribution in [0.2, 0.25) is 0 Å². The van der Waals surface area contributed by atoms with Gasteiger partial charge in [0.15, 0.2) is 5.11 Å². The summed E-state index contributed by atoms with van der Waals surface area (Å²) in [6, 6.07) is 19.1. The van der Waals surface area contributed by atoms with Crippen molar-refractivity contribution in [3.8, 4) is 0 Å². The van der Waals surface area contributed by atoms with Crippen molar-refractivity contribution in [3.63, 3.8) is 0 Å². The molecule has 1 fully saturated rings. The van der Waals surface area contributed by atoms with Gasteiger partial charge >= 0.3 is 0 Å². The van der Waals surface area contributed by atoms with Crippen molar-refractivity contribution in [1.82, 2.24) is 5.32 Å². The maximum Gasteiger partial charge on any atom is 0.171 e. The Bertz CT molecular complexity index is 677. The molecule has 4 heteroatoms. The van der Waals surface area contributed by atoms with E-state index < -0.39 is 0 Å². The standard InChI is InChI=1S/C21H26N2S2/c1-21(14-6-3-7-15-21)23-20(24)22-18-12-10-17(11-13-18)16-25-19-8-4-2-5-9-19/h2,4-5,8-13H,3,6-7,14-16H2,1H3,(H2,22,23,24). The second-order valence-electron chi connectivity index (χ2n) is 7.00. The first-order valence-corrected chi connectivity index (χ1v) is 10.4. The molecule has 1 aliphatic rings. The van der Waals surface area contributed by atoms with Crippen molar-refractivity contribution in [1.29, 1.82) is 0 Å². The lowest BCUT2D eigenvalue weighted by molar-refractivity contribution is 0.292.